The summed E-state index contributed by atoms with van der Waals surface area (Å²) in [5.41, 5.74) is 7.62. The van der Waals surface area contributed by atoms with Crippen molar-refractivity contribution in [3.05, 3.63) is 70.5 Å². The Morgan fingerprint density at radius 1 is 0.947 bits per heavy atom. The first-order valence-electron chi connectivity index (χ1n) is 6.02. The number of hydrogen-bond acceptors (Lipinski definition) is 1. The molecule has 4 heteroatoms. The first-order valence-corrected chi connectivity index (χ1v) is 6.02. The summed E-state index contributed by atoms with van der Waals surface area (Å²) >= 11 is 0. The molecule has 0 heterocycles. The summed E-state index contributed by atoms with van der Waals surface area (Å²) in [5, 5.41) is 0. The van der Waals surface area contributed by atoms with Gasteiger partial charge in [0.05, 0.1) is 6.04 Å². The van der Waals surface area contributed by atoms with Crippen molar-refractivity contribution in [1.82, 2.24) is 0 Å². The van der Waals surface area contributed by atoms with Crippen molar-refractivity contribution in [2.24, 2.45) is 5.73 Å². The van der Waals surface area contributed by atoms with Gasteiger partial charge in [0.1, 0.15) is 5.82 Å². The highest BCUT2D eigenvalue weighted by molar-refractivity contribution is 5.38. The largest absolute Gasteiger partial charge is 0.320 e. The Morgan fingerprint density at radius 3 is 2.26 bits per heavy atom. The van der Waals surface area contributed by atoms with Crippen LogP contribution in [0, 0.1) is 17.5 Å². The molecule has 0 radical (unpaired) electrons. The first kappa shape index (κ1) is 13.6. The van der Waals surface area contributed by atoms with Crippen molar-refractivity contribution in [3.63, 3.8) is 0 Å². The van der Waals surface area contributed by atoms with E-state index in [1.165, 1.54) is 0 Å². The van der Waals surface area contributed by atoms with Crippen LogP contribution < -0.4 is 5.73 Å². The van der Waals surface area contributed by atoms with Gasteiger partial charge in [-0.3, -0.25) is 0 Å². The molecule has 0 aliphatic rings. The van der Waals surface area contributed by atoms with Crippen molar-refractivity contribution < 1.29 is 13.2 Å². The number of benzene rings is 2. The van der Waals surface area contributed by atoms with Gasteiger partial charge in [0, 0.05) is 11.6 Å². The molecule has 19 heavy (non-hydrogen) atoms. The normalized spacial score (nSPS) is 12.5. The molecule has 2 aromatic rings. The topological polar surface area (TPSA) is 26.0 Å². The van der Waals surface area contributed by atoms with Gasteiger partial charge in [0.2, 0.25) is 0 Å². The lowest BCUT2D eigenvalue weighted by Crippen LogP contribution is -2.16. The minimum absolute atomic E-state index is 0.0419. The van der Waals surface area contributed by atoms with E-state index < -0.39 is 23.5 Å². The van der Waals surface area contributed by atoms with Crippen LogP contribution in [0.25, 0.3) is 0 Å². The molecule has 1 nitrogen and oxygen atoms in total. The third kappa shape index (κ3) is 2.63. The maximum absolute atomic E-state index is 13.7. The molecule has 2 aromatic carbocycles. The van der Waals surface area contributed by atoms with Crippen LogP contribution in [0.1, 0.15) is 29.7 Å². The molecule has 0 amide bonds. The van der Waals surface area contributed by atoms with Crippen molar-refractivity contribution >= 4 is 0 Å². The van der Waals surface area contributed by atoms with Crippen molar-refractivity contribution in [2.45, 2.75) is 19.4 Å². The average molecular weight is 265 g/mol. The summed E-state index contributed by atoms with van der Waals surface area (Å²) in [6, 6.07) is 7.83. The number of rotatable bonds is 3. The zero-order chi connectivity index (χ0) is 14.0. The molecule has 0 aromatic heterocycles. The quantitative estimate of drug-likeness (QED) is 0.841. The molecule has 1 atom stereocenters. The Morgan fingerprint density at radius 2 is 1.58 bits per heavy atom. The molecule has 0 bridgehead atoms. The Bertz CT molecular complexity index is 596. The van der Waals surface area contributed by atoms with E-state index in [0.29, 0.717) is 6.07 Å². The molecule has 0 fully saturated rings. The molecule has 0 spiro atoms. The van der Waals surface area contributed by atoms with E-state index in [-0.39, 0.29) is 5.56 Å². The third-order valence-corrected chi connectivity index (χ3v) is 3.15. The Hall–Kier alpha value is -1.81. The summed E-state index contributed by atoms with van der Waals surface area (Å²) in [4.78, 5) is 0. The van der Waals surface area contributed by atoms with E-state index in [1.54, 1.807) is 12.1 Å². The molecule has 0 aliphatic carbocycles. The third-order valence-electron chi connectivity index (χ3n) is 3.15. The fourth-order valence-corrected chi connectivity index (χ4v) is 2.10. The fraction of sp³-hybridized carbons (Fsp3) is 0.200. The summed E-state index contributed by atoms with van der Waals surface area (Å²) in [6.07, 6.45) is 0.731. The van der Waals surface area contributed by atoms with E-state index in [0.717, 1.165) is 23.6 Å². The molecule has 2 rings (SSSR count). The fourth-order valence-electron chi connectivity index (χ4n) is 2.10. The van der Waals surface area contributed by atoms with Crippen LogP contribution in [0.3, 0.4) is 0 Å². The van der Waals surface area contributed by atoms with Crippen molar-refractivity contribution in [2.75, 3.05) is 0 Å². The number of halogens is 3. The van der Waals surface area contributed by atoms with Gasteiger partial charge in [-0.1, -0.05) is 31.2 Å². The second kappa shape index (κ2) is 5.45. The molecular formula is C15H14F3N. The molecular weight excluding hydrogens is 251 g/mol. The van der Waals surface area contributed by atoms with Crippen molar-refractivity contribution in [3.8, 4) is 0 Å². The van der Waals surface area contributed by atoms with Gasteiger partial charge in [0.15, 0.2) is 11.6 Å². The van der Waals surface area contributed by atoms with Gasteiger partial charge in [-0.05, 0) is 23.6 Å². The van der Waals surface area contributed by atoms with Crippen LogP contribution in [-0.2, 0) is 6.42 Å². The van der Waals surface area contributed by atoms with Gasteiger partial charge in [0.25, 0.3) is 0 Å². The molecule has 0 saturated carbocycles. The smallest absolute Gasteiger partial charge is 0.161 e. The zero-order valence-corrected chi connectivity index (χ0v) is 10.5. The predicted molar refractivity (Wildman–Crippen MR) is 68.2 cm³/mol. The average Bonchev–Trinajstić information content (AvgIpc) is 2.42. The Kier molecular flexibility index (Phi) is 3.90. The van der Waals surface area contributed by atoms with E-state index in [1.807, 2.05) is 19.1 Å². The molecule has 0 saturated heterocycles. The lowest BCUT2D eigenvalue weighted by Gasteiger charge is -2.17. The van der Waals surface area contributed by atoms with Crippen LogP contribution in [0.5, 0.6) is 0 Å². The number of aryl methyl sites for hydroxylation is 1. The van der Waals surface area contributed by atoms with Crippen LogP contribution >= 0.6 is 0 Å². The van der Waals surface area contributed by atoms with Crippen LogP contribution in [0.4, 0.5) is 13.2 Å². The molecule has 0 aliphatic heterocycles. The van der Waals surface area contributed by atoms with Gasteiger partial charge >= 0.3 is 0 Å². The van der Waals surface area contributed by atoms with Crippen LogP contribution in [-0.4, -0.2) is 0 Å². The monoisotopic (exact) mass is 265 g/mol. The maximum Gasteiger partial charge on any atom is 0.161 e. The minimum atomic E-state index is -1.21. The minimum Gasteiger partial charge on any atom is -0.320 e. The van der Waals surface area contributed by atoms with Gasteiger partial charge in [-0.25, -0.2) is 13.2 Å². The lowest BCUT2D eigenvalue weighted by atomic mass is 9.93. The Balaban J connectivity index is 2.50. The zero-order valence-electron chi connectivity index (χ0n) is 10.5. The highest BCUT2D eigenvalue weighted by Crippen LogP contribution is 2.26. The standard InChI is InChI=1S/C15H14F3N/c1-2-9-5-3-4-6-10(9)15(19)11-7-13(17)14(18)8-12(11)16/h3-8,15H,2,19H2,1H3. The SMILES string of the molecule is CCc1ccccc1C(N)c1cc(F)c(F)cc1F. The highest BCUT2D eigenvalue weighted by atomic mass is 19.2. The first-order chi connectivity index (χ1) is 9.04. The van der Waals surface area contributed by atoms with Crippen LogP contribution in [0.15, 0.2) is 36.4 Å². The van der Waals surface area contributed by atoms with Crippen LogP contribution in [0.2, 0.25) is 0 Å². The number of nitrogens with two attached hydrogens (primary N) is 1. The summed E-state index contributed by atoms with van der Waals surface area (Å²) in [5.74, 6) is -3.14. The predicted octanol–water partition coefficient (Wildman–Crippen LogP) is 3.71. The van der Waals surface area contributed by atoms with E-state index in [4.69, 9.17) is 5.73 Å². The van der Waals surface area contributed by atoms with Gasteiger partial charge in [-0.2, -0.15) is 0 Å². The lowest BCUT2D eigenvalue weighted by molar-refractivity contribution is 0.487. The molecule has 1 unspecified atom stereocenters. The Labute approximate surface area is 109 Å². The van der Waals surface area contributed by atoms with E-state index in [9.17, 15) is 13.2 Å². The van der Waals surface area contributed by atoms with E-state index in [2.05, 4.69) is 0 Å². The highest BCUT2D eigenvalue weighted by Gasteiger charge is 2.18. The van der Waals surface area contributed by atoms with Gasteiger partial charge < -0.3 is 5.73 Å². The van der Waals surface area contributed by atoms with E-state index >= 15 is 0 Å². The molecule has 100 valence electrons. The number of hydrogen-bond donors (Lipinski definition) is 1. The summed E-state index contributed by atoms with van der Waals surface area (Å²) < 4.78 is 39.9. The summed E-state index contributed by atoms with van der Waals surface area (Å²) in [7, 11) is 0. The summed E-state index contributed by atoms with van der Waals surface area (Å²) in [6.45, 7) is 1.95. The maximum atomic E-state index is 13.7. The van der Waals surface area contributed by atoms with Gasteiger partial charge in [-0.15, -0.1) is 0 Å². The second-order valence-corrected chi connectivity index (χ2v) is 4.32. The molecule has 2 N–H and O–H groups in total. The van der Waals surface area contributed by atoms with Crippen molar-refractivity contribution in [1.29, 1.82) is 0 Å². The second-order valence-electron chi connectivity index (χ2n) is 4.32.